The Morgan fingerprint density at radius 3 is 2.50 bits per heavy atom. The second kappa shape index (κ2) is 6.23. The Hall–Kier alpha value is -3.27. The molecule has 0 amide bonds. The molecule has 0 N–H and O–H groups in total. The van der Waals surface area contributed by atoms with Crippen molar-refractivity contribution in [3.05, 3.63) is 83.2 Å². The zero-order valence-corrected chi connectivity index (χ0v) is 15.0. The number of aryl methyl sites for hydroxylation is 3. The minimum atomic E-state index is -0.155. The first-order valence-corrected chi connectivity index (χ1v) is 8.57. The smallest absolute Gasteiger partial charge is 0.267 e. The standard InChI is InChI=1S/C22H19N3O/c1-14-8-9-17(12-16(14)3)20-13-19(22(26)25-11-5-10-23-25)18-7-4-6-15(2)21(18)24-20/h4-13H,1-3H3. The first-order chi connectivity index (χ1) is 12.5. The summed E-state index contributed by atoms with van der Waals surface area (Å²) in [6.45, 7) is 6.19. The molecule has 26 heavy (non-hydrogen) atoms. The number of carbonyl (C=O) groups excluding carboxylic acids is 1. The molecule has 0 aliphatic rings. The van der Waals surface area contributed by atoms with Crippen LogP contribution in [0.5, 0.6) is 0 Å². The van der Waals surface area contributed by atoms with Crippen LogP contribution in [-0.4, -0.2) is 20.7 Å². The summed E-state index contributed by atoms with van der Waals surface area (Å²) in [4.78, 5) is 17.9. The minimum absolute atomic E-state index is 0.155. The lowest BCUT2D eigenvalue weighted by Crippen LogP contribution is -2.13. The normalized spacial score (nSPS) is 11.0. The summed E-state index contributed by atoms with van der Waals surface area (Å²) in [6, 6.07) is 15.8. The van der Waals surface area contributed by atoms with E-state index in [1.165, 1.54) is 15.8 Å². The number of carbonyl (C=O) groups is 1. The van der Waals surface area contributed by atoms with Gasteiger partial charge >= 0.3 is 0 Å². The number of benzene rings is 2. The van der Waals surface area contributed by atoms with E-state index in [1.54, 1.807) is 18.5 Å². The number of para-hydroxylation sites is 1. The largest absolute Gasteiger partial charge is 0.278 e. The fourth-order valence-electron chi connectivity index (χ4n) is 3.13. The summed E-state index contributed by atoms with van der Waals surface area (Å²) in [5.74, 6) is -0.155. The van der Waals surface area contributed by atoms with Crippen molar-refractivity contribution in [2.75, 3.05) is 0 Å². The van der Waals surface area contributed by atoms with Crippen molar-refractivity contribution in [1.82, 2.24) is 14.8 Å². The van der Waals surface area contributed by atoms with Crippen LogP contribution in [-0.2, 0) is 0 Å². The SMILES string of the molecule is Cc1ccc(-c2cc(C(=O)n3cccn3)c3cccc(C)c3n2)cc1C. The number of hydrogen-bond acceptors (Lipinski definition) is 3. The molecule has 0 unspecified atom stereocenters. The Bertz CT molecular complexity index is 1130. The van der Waals surface area contributed by atoms with Gasteiger partial charge in [0.15, 0.2) is 0 Å². The molecule has 2 heterocycles. The molecule has 4 rings (SSSR count). The second-order valence-electron chi connectivity index (χ2n) is 6.58. The van der Waals surface area contributed by atoms with Crippen LogP contribution in [0.2, 0.25) is 0 Å². The number of pyridine rings is 1. The van der Waals surface area contributed by atoms with E-state index in [-0.39, 0.29) is 5.91 Å². The molecular formula is C22H19N3O. The monoisotopic (exact) mass is 341 g/mol. The van der Waals surface area contributed by atoms with E-state index in [1.807, 2.05) is 31.2 Å². The van der Waals surface area contributed by atoms with Gasteiger partial charge in [0, 0.05) is 23.3 Å². The zero-order valence-electron chi connectivity index (χ0n) is 15.0. The van der Waals surface area contributed by atoms with E-state index in [0.717, 1.165) is 27.7 Å². The molecule has 0 aliphatic carbocycles. The number of fused-ring (bicyclic) bond motifs is 1. The van der Waals surface area contributed by atoms with Crippen LogP contribution in [0.1, 0.15) is 27.0 Å². The molecule has 4 heteroatoms. The maximum Gasteiger partial charge on any atom is 0.278 e. The number of aromatic nitrogens is 3. The van der Waals surface area contributed by atoms with Crippen LogP contribution in [0.3, 0.4) is 0 Å². The lowest BCUT2D eigenvalue weighted by atomic mass is 9.99. The van der Waals surface area contributed by atoms with Gasteiger partial charge in [-0.3, -0.25) is 4.79 Å². The van der Waals surface area contributed by atoms with Crippen molar-refractivity contribution < 1.29 is 4.79 Å². The predicted molar refractivity (Wildman–Crippen MR) is 103 cm³/mol. The van der Waals surface area contributed by atoms with Gasteiger partial charge in [-0.25, -0.2) is 9.67 Å². The molecule has 0 radical (unpaired) electrons. The Morgan fingerprint density at radius 2 is 1.77 bits per heavy atom. The van der Waals surface area contributed by atoms with E-state index in [2.05, 4.69) is 37.1 Å². The van der Waals surface area contributed by atoms with Gasteiger partial charge in [0.25, 0.3) is 5.91 Å². The Morgan fingerprint density at radius 1 is 0.923 bits per heavy atom. The molecule has 4 nitrogen and oxygen atoms in total. The minimum Gasteiger partial charge on any atom is -0.267 e. The van der Waals surface area contributed by atoms with Crippen molar-refractivity contribution in [2.45, 2.75) is 20.8 Å². The van der Waals surface area contributed by atoms with E-state index < -0.39 is 0 Å². The van der Waals surface area contributed by atoms with Crippen molar-refractivity contribution >= 4 is 16.8 Å². The highest BCUT2D eigenvalue weighted by Gasteiger charge is 2.17. The van der Waals surface area contributed by atoms with Crippen LogP contribution in [0.25, 0.3) is 22.2 Å². The topological polar surface area (TPSA) is 47.8 Å². The third-order valence-corrected chi connectivity index (χ3v) is 4.79. The molecule has 0 saturated heterocycles. The van der Waals surface area contributed by atoms with Gasteiger partial charge in [-0.05, 0) is 55.7 Å². The fourth-order valence-corrected chi connectivity index (χ4v) is 3.13. The highest BCUT2D eigenvalue weighted by molar-refractivity contribution is 6.08. The van der Waals surface area contributed by atoms with Crippen LogP contribution >= 0.6 is 0 Å². The third kappa shape index (κ3) is 2.69. The van der Waals surface area contributed by atoms with Crippen LogP contribution < -0.4 is 0 Å². The van der Waals surface area contributed by atoms with Gasteiger partial charge in [0.2, 0.25) is 0 Å². The van der Waals surface area contributed by atoms with Crippen molar-refractivity contribution in [2.24, 2.45) is 0 Å². The van der Waals surface area contributed by atoms with Gasteiger partial charge in [0.1, 0.15) is 0 Å². The molecule has 0 bridgehead atoms. The number of nitrogens with zero attached hydrogens (tertiary/aromatic N) is 3. The molecular weight excluding hydrogens is 322 g/mol. The molecule has 0 atom stereocenters. The van der Waals surface area contributed by atoms with Crippen molar-refractivity contribution in [3.8, 4) is 11.3 Å². The Kier molecular flexibility index (Phi) is 3.88. The molecule has 4 aromatic rings. The van der Waals surface area contributed by atoms with Crippen LogP contribution in [0, 0.1) is 20.8 Å². The lowest BCUT2D eigenvalue weighted by Gasteiger charge is -2.12. The molecule has 2 aromatic carbocycles. The highest BCUT2D eigenvalue weighted by atomic mass is 16.2. The quantitative estimate of drug-likeness (QED) is 0.530. The maximum absolute atomic E-state index is 13.0. The summed E-state index contributed by atoms with van der Waals surface area (Å²) >= 11 is 0. The predicted octanol–water partition coefficient (Wildman–Crippen LogP) is 4.71. The second-order valence-corrected chi connectivity index (χ2v) is 6.58. The Balaban J connectivity index is 1.99. The van der Waals surface area contributed by atoms with E-state index >= 15 is 0 Å². The summed E-state index contributed by atoms with van der Waals surface area (Å²) in [6.07, 6.45) is 3.27. The van der Waals surface area contributed by atoms with Crippen molar-refractivity contribution in [1.29, 1.82) is 0 Å². The maximum atomic E-state index is 13.0. The fraction of sp³-hybridized carbons (Fsp3) is 0.136. The summed E-state index contributed by atoms with van der Waals surface area (Å²) in [7, 11) is 0. The summed E-state index contributed by atoms with van der Waals surface area (Å²) < 4.78 is 1.36. The van der Waals surface area contributed by atoms with Crippen molar-refractivity contribution in [3.63, 3.8) is 0 Å². The number of hydrogen-bond donors (Lipinski definition) is 0. The van der Waals surface area contributed by atoms with Gasteiger partial charge in [-0.1, -0.05) is 30.3 Å². The molecule has 0 aliphatic heterocycles. The van der Waals surface area contributed by atoms with Crippen LogP contribution in [0.15, 0.2) is 60.9 Å². The molecule has 0 fully saturated rings. The zero-order chi connectivity index (χ0) is 18.3. The number of rotatable bonds is 2. The first-order valence-electron chi connectivity index (χ1n) is 8.57. The van der Waals surface area contributed by atoms with Gasteiger partial charge in [-0.15, -0.1) is 0 Å². The molecule has 0 spiro atoms. The van der Waals surface area contributed by atoms with Crippen LogP contribution in [0.4, 0.5) is 0 Å². The lowest BCUT2D eigenvalue weighted by molar-refractivity contribution is 0.0946. The third-order valence-electron chi connectivity index (χ3n) is 4.79. The molecule has 128 valence electrons. The van der Waals surface area contributed by atoms with Gasteiger partial charge in [-0.2, -0.15) is 5.10 Å². The Labute approximate surface area is 152 Å². The van der Waals surface area contributed by atoms with Gasteiger partial charge < -0.3 is 0 Å². The molecule has 2 aromatic heterocycles. The summed E-state index contributed by atoms with van der Waals surface area (Å²) in [5, 5.41) is 4.94. The average molecular weight is 341 g/mol. The molecule has 0 saturated carbocycles. The van der Waals surface area contributed by atoms with E-state index in [0.29, 0.717) is 5.56 Å². The highest BCUT2D eigenvalue weighted by Crippen LogP contribution is 2.28. The van der Waals surface area contributed by atoms with E-state index in [4.69, 9.17) is 4.98 Å². The van der Waals surface area contributed by atoms with E-state index in [9.17, 15) is 4.79 Å². The van der Waals surface area contributed by atoms with Gasteiger partial charge in [0.05, 0.1) is 16.8 Å². The average Bonchev–Trinajstić information content (AvgIpc) is 3.18. The first kappa shape index (κ1) is 16.2. The summed E-state index contributed by atoms with van der Waals surface area (Å²) in [5.41, 5.74) is 6.74.